The zero-order valence-corrected chi connectivity index (χ0v) is 16.8. The predicted molar refractivity (Wildman–Crippen MR) is 110 cm³/mol. The number of aryl methyl sites for hydroxylation is 2. The summed E-state index contributed by atoms with van der Waals surface area (Å²) in [4.78, 5) is 0. The second-order valence-corrected chi connectivity index (χ2v) is 9.30. The number of aromatic hydroxyl groups is 1. The number of aliphatic hydroxyl groups is 1. The molecule has 1 aromatic carbocycles. The quantitative estimate of drug-likeness (QED) is 0.808. The lowest BCUT2D eigenvalue weighted by Gasteiger charge is -2.49. The van der Waals surface area contributed by atoms with Gasteiger partial charge in [0, 0.05) is 23.7 Å². The average molecular weight is 379 g/mol. The molecule has 5 rings (SSSR count). The van der Waals surface area contributed by atoms with Gasteiger partial charge in [-0.15, -0.1) is 0 Å². The van der Waals surface area contributed by atoms with E-state index >= 15 is 0 Å². The van der Waals surface area contributed by atoms with Gasteiger partial charge < -0.3 is 10.2 Å². The molecule has 5 atom stereocenters. The van der Waals surface area contributed by atoms with Crippen LogP contribution in [0.25, 0.3) is 6.08 Å². The highest BCUT2D eigenvalue weighted by atomic mass is 16.3. The highest BCUT2D eigenvalue weighted by Gasteiger charge is 2.56. The number of fused-ring (bicyclic) bond motifs is 5. The zero-order chi connectivity index (χ0) is 19.5. The van der Waals surface area contributed by atoms with E-state index in [-0.39, 0.29) is 11.5 Å². The molecule has 1 heterocycles. The lowest BCUT2D eigenvalue weighted by molar-refractivity contribution is -0.0158. The minimum Gasteiger partial charge on any atom is -0.508 e. The van der Waals surface area contributed by atoms with Crippen LogP contribution in [0.1, 0.15) is 62.1 Å². The Morgan fingerprint density at radius 2 is 2.18 bits per heavy atom. The van der Waals surface area contributed by atoms with Crippen molar-refractivity contribution in [2.24, 2.45) is 17.3 Å². The molecule has 2 fully saturated rings. The van der Waals surface area contributed by atoms with E-state index in [1.54, 1.807) is 0 Å². The maximum absolute atomic E-state index is 11.3. The summed E-state index contributed by atoms with van der Waals surface area (Å²) in [7, 11) is 0. The fourth-order valence-corrected chi connectivity index (χ4v) is 6.41. The third-order valence-electron chi connectivity index (χ3n) is 7.91. The minimum absolute atomic E-state index is 0.0256. The van der Waals surface area contributed by atoms with Crippen molar-refractivity contribution in [3.05, 3.63) is 52.9 Å². The Hall–Kier alpha value is -2.07. The summed E-state index contributed by atoms with van der Waals surface area (Å²) >= 11 is 0. The average Bonchev–Trinajstić information content (AvgIpc) is 3.25. The monoisotopic (exact) mass is 378 g/mol. The number of aromatic nitrogens is 2. The Bertz CT molecular complexity index is 930. The van der Waals surface area contributed by atoms with Crippen molar-refractivity contribution in [1.82, 2.24) is 9.78 Å². The van der Waals surface area contributed by atoms with Crippen LogP contribution in [0.5, 0.6) is 5.75 Å². The van der Waals surface area contributed by atoms with Gasteiger partial charge in [-0.05, 0) is 85.6 Å². The van der Waals surface area contributed by atoms with Crippen molar-refractivity contribution in [2.45, 2.75) is 64.5 Å². The van der Waals surface area contributed by atoms with E-state index in [0.717, 1.165) is 44.2 Å². The van der Waals surface area contributed by atoms with Gasteiger partial charge in [0.25, 0.3) is 0 Å². The first-order chi connectivity index (χ1) is 13.5. The van der Waals surface area contributed by atoms with Gasteiger partial charge in [0.05, 0.1) is 12.3 Å². The second kappa shape index (κ2) is 6.48. The van der Waals surface area contributed by atoms with Crippen LogP contribution in [-0.2, 0) is 13.0 Å². The van der Waals surface area contributed by atoms with Crippen LogP contribution in [-0.4, -0.2) is 26.1 Å². The van der Waals surface area contributed by atoms with Crippen molar-refractivity contribution in [3.63, 3.8) is 0 Å². The van der Waals surface area contributed by atoms with Crippen LogP contribution < -0.4 is 0 Å². The molecule has 3 aliphatic rings. The lowest BCUT2D eigenvalue weighted by Crippen LogP contribution is -2.44. The highest BCUT2D eigenvalue weighted by molar-refractivity contribution is 5.54. The number of phenols is 1. The summed E-state index contributed by atoms with van der Waals surface area (Å²) in [6.07, 6.45) is 11.2. The van der Waals surface area contributed by atoms with Crippen molar-refractivity contribution in [3.8, 4) is 5.75 Å². The third-order valence-corrected chi connectivity index (χ3v) is 7.91. The summed E-state index contributed by atoms with van der Waals surface area (Å²) in [5.41, 5.74) is 5.01. The first kappa shape index (κ1) is 18.0. The Kier molecular flexibility index (Phi) is 4.16. The fourth-order valence-electron chi connectivity index (χ4n) is 6.41. The maximum atomic E-state index is 11.3. The van der Waals surface area contributed by atoms with E-state index < -0.39 is 0 Å². The molecule has 2 aromatic rings. The van der Waals surface area contributed by atoms with Crippen LogP contribution in [0.15, 0.2) is 36.2 Å². The maximum Gasteiger partial charge on any atom is 0.115 e. The molecule has 1 aromatic heterocycles. The summed E-state index contributed by atoms with van der Waals surface area (Å²) < 4.78 is 1.94. The van der Waals surface area contributed by atoms with Gasteiger partial charge in [-0.2, -0.15) is 5.10 Å². The molecule has 0 amide bonds. The van der Waals surface area contributed by atoms with E-state index in [0.29, 0.717) is 23.5 Å². The summed E-state index contributed by atoms with van der Waals surface area (Å²) in [5, 5.41) is 25.5. The van der Waals surface area contributed by atoms with E-state index in [2.05, 4.69) is 37.3 Å². The molecule has 0 unspecified atom stereocenters. The molecular weight excluding hydrogens is 348 g/mol. The largest absolute Gasteiger partial charge is 0.508 e. The molecular formula is C24H30N2O2. The van der Waals surface area contributed by atoms with E-state index in [9.17, 15) is 10.2 Å². The van der Waals surface area contributed by atoms with Gasteiger partial charge in [-0.25, -0.2) is 0 Å². The van der Waals surface area contributed by atoms with Gasteiger partial charge in [0.15, 0.2) is 0 Å². The van der Waals surface area contributed by atoms with Crippen LogP contribution in [0.2, 0.25) is 0 Å². The SMILES string of the molecule is CCn1cc(/C=C2\C[C@@H]3[C@@H]4CCc5cc(O)ccc5[C@@H]4CC[C@@]3(C)[C@@H]2O)cn1. The number of hydrogen-bond acceptors (Lipinski definition) is 3. The summed E-state index contributed by atoms with van der Waals surface area (Å²) in [5.74, 6) is 2.09. The molecule has 28 heavy (non-hydrogen) atoms. The molecule has 2 saturated carbocycles. The number of rotatable bonds is 2. The number of phenolic OH excluding ortho intramolecular Hbond substituents is 1. The Morgan fingerprint density at radius 3 is 2.96 bits per heavy atom. The van der Waals surface area contributed by atoms with Crippen LogP contribution >= 0.6 is 0 Å². The van der Waals surface area contributed by atoms with Crippen molar-refractivity contribution >= 4 is 6.08 Å². The molecule has 148 valence electrons. The fraction of sp³-hybridized carbons (Fsp3) is 0.542. The standard InChI is InChI=1S/C24H30N2O2/c1-3-26-14-15(13-25-26)10-17-12-22-21-6-4-16-11-18(27)5-7-19(16)20(21)8-9-24(22,2)23(17)28/h5,7,10-11,13-14,20-23,27-28H,3-4,6,8-9,12H2,1-2H3/b17-10+/t20-,21+,22+,23+,24+/m0/s1. The lowest BCUT2D eigenvalue weighted by atomic mass is 9.55. The zero-order valence-electron chi connectivity index (χ0n) is 16.8. The third kappa shape index (κ3) is 2.65. The molecule has 4 nitrogen and oxygen atoms in total. The topological polar surface area (TPSA) is 58.3 Å². The molecule has 0 spiro atoms. The molecule has 3 aliphatic carbocycles. The Balaban J connectivity index is 1.46. The summed E-state index contributed by atoms with van der Waals surface area (Å²) in [6, 6.07) is 5.94. The van der Waals surface area contributed by atoms with Gasteiger partial charge in [0.2, 0.25) is 0 Å². The minimum atomic E-state index is -0.357. The van der Waals surface area contributed by atoms with E-state index in [1.165, 1.54) is 16.7 Å². The normalized spacial score (nSPS) is 35.5. The van der Waals surface area contributed by atoms with Gasteiger partial charge in [-0.1, -0.05) is 19.1 Å². The van der Waals surface area contributed by atoms with E-state index in [4.69, 9.17) is 0 Å². The number of aliphatic hydroxyl groups excluding tert-OH is 1. The van der Waals surface area contributed by atoms with Gasteiger partial charge in [-0.3, -0.25) is 4.68 Å². The van der Waals surface area contributed by atoms with Crippen LogP contribution in [0.4, 0.5) is 0 Å². The van der Waals surface area contributed by atoms with E-state index in [1.807, 2.05) is 23.0 Å². The molecule has 0 saturated heterocycles. The van der Waals surface area contributed by atoms with Crippen molar-refractivity contribution in [2.75, 3.05) is 0 Å². The molecule has 4 heteroatoms. The first-order valence-electron chi connectivity index (χ1n) is 10.7. The smallest absolute Gasteiger partial charge is 0.115 e. The Labute approximate surface area is 166 Å². The first-order valence-corrected chi connectivity index (χ1v) is 10.7. The molecule has 0 aliphatic heterocycles. The van der Waals surface area contributed by atoms with Crippen LogP contribution in [0, 0.1) is 17.3 Å². The van der Waals surface area contributed by atoms with Gasteiger partial charge >= 0.3 is 0 Å². The number of hydrogen-bond donors (Lipinski definition) is 2. The van der Waals surface area contributed by atoms with Crippen molar-refractivity contribution < 1.29 is 10.2 Å². The van der Waals surface area contributed by atoms with Crippen LogP contribution in [0.3, 0.4) is 0 Å². The number of nitrogens with zero attached hydrogens (tertiary/aromatic N) is 2. The predicted octanol–water partition coefficient (Wildman–Crippen LogP) is 4.52. The van der Waals surface area contributed by atoms with Gasteiger partial charge in [0.1, 0.15) is 5.75 Å². The molecule has 0 bridgehead atoms. The number of benzene rings is 1. The molecule has 0 radical (unpaired) electrons. The highest BCUT2D eigenvalue weighted by Crippen LogP contribution is 2.62. The van der Waals surface area contributed by atoms with Crippen molar-refractivity contribution in [1.29, 1.82) is 0 Å². The summed E-state index contributed by atoms with van der Waals surface area (Å²) in [6.45, 7) is 5.26. The Morgan fingerprint density at radius 1 is 1.32 bits per heavy atom. The second-order valence-electron chi connectivity index (χ2n) is 9.30. The molecule has 2 N–H and O–H groups in total.